The molecule has 0 N–H and O–H groups in total. The maximum atomic E-state index is 11.2. The number of nitro groups is 1. The number of non-ortho nitro benzene ring substituents is 1. The molecule has 3 aromatic rings. The van der Waals surface area contributed by atoms with Crippen LogP contribution in [0.2, 0.25) is 0 Å². The maximum Gasteiger partial charge on any atom is 0.293 e. The second-order valence-corrected chi connectivity index (χ2v) is 5.36. The molecular weight excluding hydrogens is 320 g/mol. The molecule has 0 fully saturated rings. The maximum absolute atomic E-state index is 11.2. The van der Waals surface area contributed by atoms with Gasteiger partial charge in [-0.3, -0.25) is 10.1 Å². The fourth-order valence-corrected chi connectivity index (χ4v) is 2.74. The average molecular weight is 331 g/mol. The number of fused-ring (bicyclic) bond motifs is 1. The summed E-state index contributed by atoms with van der Waals surface area (Å²) in [6.45, 7) is 0.593. The minimum absolute atomic E-state index is 0.138. The van der Waals surface area contributed by atoms with E-state index in [1.807, 2.05) is 47.2 Å². The molecule has 0 saturated heterocycles. The van der Waals surface area contributed by atoms with Crippen LogP contribution < -0.4 is 0 Å². The van der Waals surface area contributed by atoms with E-state index in [0.29, 0.717) is 12.1 Å². The first-order valence-corrected chi connectivity index (χ1v) is 6.92. The van der Waals surface area contributed by atoms with Crippen LogP contribution in [0, 0.1) is 10.1 Å². The lowest BCUT2D eigenvalue weighted by Crippen LogP contribution is -2.01. The van der Waals surface area contributed by atoms with Crippen molar-refractivity contribution in [3.05, 3.63) is 74.9 Å². The Morgan fingerprint density at radius 1 is 1.10 bits per heavy atom. The van der Waals surface area contributed by atoms with E-state index in [-0.39, 0.29) is 10.6 Å². The van der Waals surface area contributed by atoms with Gasteiger partial charge < -0.3 is 4.57 Å². The van der Waals surface area contributed by atoms with Gasteiger partial charge in [0.05, 0.1) is 4.92 Å². The summed E-state index contributed by atoms with van der Waals surface area (Å²) in [5.74, 6) is 0. The number of aromatic nitrogens is 1. The summed E-state index contributed by atoms with van der Waals surface area (Å²) >= 11 is 3.51. The Hall–Kier alpha value is -2.14. The van der Waals surface area contributed by atoms with Gasteiger partial charge >= 0.3 is 0 Å². The van der Waals surface area contributed by atoms with E-state index >= 15 is 0 Å². The molecular formula is C15H11BrN2O2. The average Bonchev–Trinajstić information content (AvgIpc) is 2.84. The lowest BCUT2D eigenvalue weighted by atomic mass is 10.2. The predicted molar refractivity (Wildman–Crippen MR) is 81.8 cm³/mol. The van der Waals surface area contributed by atoms with E-state index in [2.05, 4.69) is 15.9 Å². The summed E-state index contributed by atoms with van der Waals surface area (Å²) in [7, 11) is 0. The van der Waals surface area contributed by atoms with Gasteiger partial charge in [0, 0.05) is 28.7 Å². The molecule has 100 valence electrons. The highest BCUT2D eigenvalue weighted by Crippen LogP contribution is 2.28. The Bertz CT molecular complexity index is 795. The number of halogens is 1. The van der Waals surface area contributed by atoms with Crippen molar-refractivity contribution < 1.29 is 4.92 Å². The molecule has 0 unspecified atom stereocenters. The van der Waals surface area contributed by atoms with E-state index in [4.69, 9.17) is 0 Å². The SMILES string of the molecule is O=[N+]([O-])c1cccc2ccn(Cc3ccccc3Br)c12. The van der Waals surface area contributed by atoms with Crippen molar-refractivity contribution >= 4 is 32.5 Å². The number of para-hydroxylation sites is 1. The van der Waals surface area contributed by atoms with Crippen LogP contribution in [0.25, 0.3) is 10.9 Å². The van der Waals surface area contributed by atoms with Gasteiger partial charge in [-0.15, -0.1) is 0 Å². The molecule has 0 aliphatic heterocycles. The lowest BCUT2D eigenvalue weighted by molar-refractivity contribution is -0.383. The van der Waals surface area contributed by atoms with Gasteiger partial charge in [-0.1, -0.05) is 46.3 Å². The molecule has 20 heavy (non-hydrogen) atoms. The summed E-state index contributed by atoms with van der Waals surface area (Å²) in [6.07, 6.45) is 1.89. The minimum Gasteiger partial charge on any atom is -0.337 e. The van der Waals surface area contributed by atoms with Crippen LogP contribution in [0.1, 0.15) is 5.56 Å². The Labute approximate surface area is 123 Å². The number of nitro benzene ring substituents is 1. The quantitative estimate of drug-likeness (QED) is 0.529. The number of hydrogen-bond donors (Lipinski definition) is 0. The molecule has 0 radical (unpaired) electrons. The lowest BCUT2D eigenvalue weighted by Gasteiger charge is -2.08. The van der Waals surface area contributed by atoms with Gasteiger partial charge in [-0.25, -0.2) is 0 Å². The third-order valence-corrected chi connectivity index (χ3v) is 4.04. The van der Waals surface area contributed by atoms with Crippen molar-refractivity contribution in [2.45, 2.75) is 6.54 Å². The van der Waals surface area contributed by atoms with E-state index in [1.165, 1.54) is 0 Å². The Kier molecular flexibility index (Phi) is 3.28. The van der Waals surface area contributed by atoms with Crippen LogP contribution >= 0.6 is 15.9 Å². The highest BCUT2D eigenvalue weighted by Gasteiger charge is 2.15. The van der Waals surface area contributed by atoms with Crippen molar-refractivity contribution in [2.75, 3.05) is 0 Å². The first-order valence-electron chi connectivity index (χ1n) is 6.12. The Morgan fingerprint density at radius 2 is 1.90 bits per heavy atom. The van der Waals surface area contributed by atoms with Gasteiger partial charge in [0.25, 0.3) is 5.69 Å². The molecule has 0 spiro atoms. The van der Waals surface area contributed by atoms with Crippen molar-refractivity contribution in [1.29, 1.82) is 0 Å². The Morgan fingerprint density at radius 3 is 2.65 bits per heavy atom. The molecule has 3 rings (SSSR count). The van der Waals surface area contributed by atoms with Crippen molar-refractivity contribution in [2.24, 2.45) is 0 Å². The fraction of sp³-hybridized carbons (Fsp3) is 0.0667. The van der Waals surface area contributed by atoms with E-state index in [0.717, 1.165) is 15.4 Å². The molecule has 1 aromatic heterocycles. The summed E-state index contributed by atoms with van der Waals surface area (Å²) in [6, 6.07) is 14.9. The van der Waals surface area contributed by atoms with Crippen LogP contribution in [0.4, 0.5) is 5.69 Å². The molecule has 0 atom stereocenters. The van der Waals surface area contributed by atoms with Crippen LogP contribution in [0.5, 0.6) is 0 Å². The van der Waals surface area contributed by atoms with Gasteiger partial charge in [-0.05, 0) is 17.7 Å². The standard InChI is InChI=1S/C15H11BrN2O2/c16-13-6-2-1-4-12(13)10-17-9-8-11-5-3-7-14(15(11)17)18(19)20/h1-9H,10H2. The van der Waals surface area contributed by atoms with Crippen molar-refractivity contribution in [3.63, 3.8) is 0 Å². The fourth-order valence-electron chi connectivity index (χ4n) is 2.33. The zero-order valence-electron chi connectivity index (χ0n) is 10.5. The van der Waals surface area contributed by atoms with E-state index in [1.54, 1.807) is 12.1 Å². The predicted octanol–water partition coefficient (Wildman–Crippen LogP) is 4.36. The minimum atomic E-state index is -0.334. The topological polar surface area (TPSA) is 48.1 Å². The summed E-state index contributed by atoms with van der Waals surface area (Å²) < 4.78 is 2.91. The number of rotatable bonds is 3. The van der Waals surface area contributed by atoms with Crippen LogP contribution in [-0.2, 0) is 6.54 Å². The van der Waals surface area contributed by atoms with Gasteiger partial charge in [0.1, 0.15) is 5.52 Å². The zero-order chi connectivity index (χ0) is 14.1. The largest absolute Gasteiger partial charge is 0.337 e. The smallest absolute Gasteiger partial charge is 0.293 e. The molecule has 0 aliphatic carbocycles. The van der Waals surface area contributed by atoms with Gasteiger partial charge in [0.15, 0.2) is 0 Å². The molecule has 0 saturated carbocycles. The summed E-state index contributed by atoms with van der Waals surface area (Å²) in [5, 5.41) is 12.0. The first-order chi connectivity index (χ1) is 9.66. The monoisotopic (exact) mass is 330 g/mol. The van der Waals surface area contributed by atoms with Gasteiger partial charge in [-0.2, -0.15) is 0 Å². The third-order valence-electron chi connectivity index (χ3n) is 3.26. The second kappa shape index (κ2) is 5.09. The highest BCUT2D eigenvalue weighted by molar-refractivity contribution is 9.10. The van der Waals surface area contributed by atoms with E-state index in [9.17, 15) is 10.1 Å². The molecule has 0 amide bonds. The van der Waals surface area contributed by atoms with Crippen LogP contribution in [0.3, 0.4) is 0 Å². The van der Waals surface area contributed by atoms with Gasteiger partial charge in [0.2, 0.25) is 0 Å². The van der Waals surface area contributed by atoms with Crippen LogP contribution in [-0.4, -0.2) is 9.49 Å². The molecule has 4 nitrogen and oxygen atoms in total. The Balaban J connectivity index is 2.13. The summed E-state index contributed by atoms with van der Waals surface area (Å²) in [4.78, 5) is 10.8. The van der Waals surface area contributed by atoms with E-state index < -0.39 is 0 Å². The molecule has 5 heteroatoms. The number of nitrogens with zero attached hydrogens (tertiary/aromatic N) is 2. The number of hydrogen-bond acceptors (Lipinski definition) is 2. The van der Waals surface area contributed by atoms with Crippen molar-refractivity contribution in [1.82, 2.24) is 4.57 Å². The summed E-state index contributed by atoms with van der Waals surface area (Å²) in [5.41, 5.74) is 1.89. The molecule has 0 bridgehead atoms. The third kappa shape index (κ3) is 2.20. The normalized spacial score (nSPS) is 10.8. The van der Waals surface area contributed by atoms with Crippen molar-refractivity contribution in [3.8, 4) is 0 Å². The first kappa shape index (κ1) is 12.9. The second-order valence-electron chi connectivity index (χ2n) is 4.51. The van der Waals surface area contributed by atoms with Crippen LogP contribution in [0.15, 0.2) is 59.2 Å². The molecule has 0 aliphatic rings. The molecule has 1 heterocycles. The molecule has 2 aromatic carbocycles. The highest BCUT2D eigenvalue weighted by atomic mass is 79.9. The number of benzene rings is 2. The zero-order valence-corrected chi connectivity index (χ0v) is 12.1.